The van der Waals surface area contributed by atoms with Gasteiger partial charge in [-0.1, -0.05) is 36.9 Å². The Morgan fingerprint density at radius 1 is 0.962 bits per heavy atom. The van der Waals surface area contributed by atoms with E-state index in [2.05, 4.69) is 59.3 Å². The minimum absolute atomic E-state index is 0.782. The lowest BCUT2D eigenvalue weighted by molar-refractivity contribution is 0.235. The molecule has 1 N–H and O–H groups in total. The van der Waals surface area contributed by atoms with Crippen LogP contribution in [0.5, 0.6) is 5.75 Å². The number of hydrogen-bond acceptors (Lipinski definition) is 3. The molecule has 2 heterocycles. The summed E-state index contributed by atoms with van der Waals surface area (Å²) in [5.41, 5.74) is 6.63. The van der Waals surface area contributed by atoms with Crippen LogP contribution in [0.4, 0.5) is 5.69 Å². The fourth-order valence-corrected chi connectivity index (χ4v) is 3.89. The smallest absolute Gasteiger partial charge is 0.121 e. The van der Waals surface area contributed by atoms with Gasteiger partial charge in [0, 0.05) is 30.5 Å². The van der Waals surface area contributed by atoms with Gasteiger partial charge in [0.15, 0.2) is 0 Å². The van der Waals surface area contributed by atoms with Crippen LogP contribution in [-0.4, -0.2) is 24.6 Å². The summed E-state index contributed by atoms with van der Waals surface area (Å²) >= 11 is 0. The molecule has 0 aliphatic carbocycles. The number of unbranched alkanes of at least 4 members (excludes halogenated alkanes) is 1. The molecule has 0 amide bonds. The Morgan fingerprint density at radius 2 is 1.85 bits per heavy atom. The van der Waals surface area contributed by atoms with Crippen LogP contribution < -0.4 is 10.1 Å². The Kier molecular flexibility index (Phi) is 5.26. The minimum Gasteiger partial charge on any atom is -0.494 e. The van der Waals surface area contributed by atoms with Crippen LogP contribution in [0.15, 0.2) is 54.7 Å². The molecule has 0 fully saturated rings. The highest BCUT2D eigenvalue weighted by molar-refractivity contribution is 5.60. The molecule has 0 saturated heterocycles. The van der Waals surface area contributed by atoms with Gasteiger partial charge in [0.05, 0.1) is 6.61 Å². The van der Waals surface area contributed by atoms with Crippen molar-refractivity contribution >= 4 is 5.69 Å². The van der Waals surface area contributed by atoms with E-state index in [0.717, 1.165) is 56.1 Å². The van der Waals surface area contributed by atoms with Gasteiger partial charge < -0.3 is 10.1 Å². The molecule has 0 radical (unpaired) electrons. The van der Waals surface area contributed by atoms with Gasteiger partial charge in [-0.2, -0.15) is 0 Å². The molecule has 2 aromatic carbocycles. The number of ether oxygens (including phenoxy) is 1. The topological polar surface area (TPSA) is 24.5 Å². The Bertz CT molecular complexity index is 784. The third kappa shape index (κ3) is 4.10. The molecule has 2 aromatic rings. The predicted molar refractivity (Wildman–Crippen MR) is 108 cm³/mol. The summed E-state index contributed by atoms with van der Waals surface area (Å²) in [6, 6.07) is 15.2. The van der Waals surface area contributed by atoms with E-state index in [9.17, 15) is 0 Å². The van der Waals surface area contributed by atoms with Crippen LogP contribution in [0.1, 0.15) is 36.0 Å². The van der Waals surface area contributed by atoms with Crippen molar-refractivity contribution in [3.8, 4) is 5.75 Å². The van der Waals surface area contributed by atoms with Gasteiger partial charge in [-0.3, -0.25) is 4.90 Å². The van der Waals surface area contributed by atoms with E-state index in [4.69, 9.17) is 4.74 Å². The standard InChI is InChI=1S/C23H28N2O/c1-18-8-9-20-10-11-22(16-23(20)24-18)26-15-5-4-13-25-14-12-19-6-2-3-7-21(19)17-25/h2-3,6-7,10-11,16,24H,1,4-5,8-9,12-15,17H2. The molecule has 0 bridgehead atoms. The summed E-state index contributed by atoms with van der Waals surface area (Å²) < 4.78 is 5.96. The molecule has 3 nitrogen and oxygen atoms in total. The zero-order valence-electron chi connectivity index (χ0n) is 15.5. The molecular formula is C23H28N2O. The maximum absolute atomic E-state index is 5.96. The summed E-state index contributed by atoms with van der Waals surface area (Å²) in [6.45, 7) is 8.24. The zero-order chi connectivity index (χ0) is 17.8. The summed E-state index contributed by atoms with van der Waals surface area (Å²) in [5.74, 6) is 0.956. The van der Waals surface area contributed by atoms with Crippen LogP contribution in [-0.2, 0) is 19.4 Å². The molecule has 136 valence electrons. The fraction of sp³-hybridized carbons (Fsp3) is 0.391. The zero-order valence-corrected chi connectivity index (χ0v) is 15.5. The number of hydrogen-bond donors (Lipinski definition) is 1. The van der Waals surface area contributed by atoms with Gasteiger partial charge >= 0.3 is 0 Å². The molecule has 0 spiro atoms. The van der Waals surface area contributed by atoms with Gasteiger partial charge in [0.1, 0.15) is 5.75 Å². The Labute approximate surface area is 156 Å². The van der Waals surface area contributed by atoms with Gasteiger partial charge in [0.25, 0.3) is 0 Å². The second kappa shape index (κ2) is 7.96. The van der Waals surface area contributed by atoms with E-state index >= 15 is 0 Å². The highest BCUT2D eigenvalue weighted by atomic mass is 16.5. The molecule has 26 heavy (non-hydrogen) atoms. The number of aryl methyl sites for hydroxylation is 1. The molecule has 2 aliphatic rings. The molecule has 3 heteroatoms. The number of fused-ring (bicyclic) bond motifs is 2. The molecule has 2 aliphatic heterocycles. The summed E-state index contributed by atoms with van der Waals surface area (Å²) in [4.78, 5) is 2.57. The average molecular weight is 348 g/mol. The van der Waals surface area contributed by atoms with Gasteiger partial charge in [-0.25, -0.2) is 0 Å². The van der Waals surface area contributed by atoms with Crippen molar-refractivity contribution in [2.75, 3.05) is 25.0 Å². The molecule has 0 aromatic heterocycles. The largest absolute Gasteiger partial charge is 0.494 e. The van der Waals surface area contributed by atoms with Crippen molar-refractivity contribution in [3.05, 3.63) is 71.4 Å². The van der Waals surface area contributed by atoms with Crippen LogP contribution in [0, 0.1) is 0 Å². The third-order valence-corrected chi connectivity index (χ3v) is 5.44. The predicted octanol–water partition coefficient (Wildman–Crippen LogP) is 4.78. The lowest BCUT2D eigenvalue weighted by Gasteiger charge is -2.28. The van der Waals surface area contributed by atoms with Crippen molar-refractivity contribution in [2.24, 2.45) is 0 Å². The lowest BCUT2D eigenvalue weighted by atomic mass is 10.00. The quantitative estimate of drug-likeness (QED) is 0.761. The van der Waals surface area contributed by atoms with E-state index in [1.54, 1.807) is 0 Å². The third-order valence-electron chi connectivity index (χ3n) is 5.44. The van der Waals surface area contributed by atoms with Crippen molar-refractivity contribution in [3.63, 3.8) is 0 Å². The number of nitrogens with one attached hydrogen (secondary N) is 1. The van der Waals surface area contributed by atoms with Crippen molar-refractivity contribution in [1.29, 1.82) is 0 Å². The molecule has 0 unspecified atom stereocenters. The van der Waals surface area contributed by atoms with Gasteiger partial charge in [0.2, 0.25) is 0 Å². The van der Waals surface area contributed by atoms with Crippen LogP contribution in [0.3, 0.4) is 0 Å². The van der Waals surface area contributed by atoms with Crippen molar-refractivity contribution in [1.82, 2.24) is 4.90 Å². The second-order valence-electron chi connectivity index (χ2n) is 7.40. The minimum atomic E-state index is 0.782. The van der Waals surface area contributed by atoms with E-state index < -0.39 is 0 Å². The monoisotopic (exact) mass is 348 g/mol. The Morgan fingerprint density at radius 3 is 2.77 bits per heavy atom. The number of benzene rings is 2. The van der Waals surface area contributed by atoms with Gasteiger partial charge in [-0.05, 0) is 61.4 Å². The Balaban J connectivity index is 1.19. The van der Waals surface area contributed by atoms with Crippen LogP contribution >= 0.6 is 0 Å². The molecular weight excluding hydrogens is 320 g/mol. The van der Waals surface area contributed by atoms with Gasteiger partial charge in [-0.15, -0.1) is 0 Å². The molecule has 0 atom stereocenters. The number of anilines is 1. The van der Waals surface area contributed by atoms with Crippen LogP contribution in [0.2, 0.25) is 0 Å². The summed E-state index contributed by atoms with van der Waals surface area (Å²) in [6.07, 6.45) is 5.55. The number of rotatable bonds is 6. The first kappa shape index (κ1) is 17.2. The maximum Gasteiger partial charge on any atom is 0.121 e. The summed E-state index contributed by atoms with van der Waals surface area (Å²) in [5, 5.41) is 3.37. The van der Waals surface area contributed by atoms with E-state index in [1.807, 2.05) is 0 Å². The second-order valence-corrected chi connectivity index (χ2v) is 7.40. The highest BCUT2D eigenvalue weighted by Gasteiger charge is 2.15. The van der Waals surface area contributed by atoms with Crippen LogP contribution in [0.25, 0.3) is 0 Å². The maximum atomic E-state index is 5.96. The molecule has 0 saturated carbocycles. The van der Waals surface area contributed by atoms with E-state index in [0.29, 0.717) is 0 Å². The number of allylic oxidation sites excluding steroid dienone is 1. The highest BCUT2D eigenvalue weighted by Crippen LogP contribution is 2.29. The van der Waals surface area contributed by atoms with E-state index in [-0.39, 0.29) is 0 Å². The summed E-state index contributed by atoms with van der Waals surface area (Å²) in [7, 11) is 0. The normalized spacial score (nSPS) is 16.5. The van der Waals surface area contributed by atoms with Crippen molar-refractivity contribution in [2.45, 2.75) is 38.6 Å². The van der Waals surface area contributed by atoms with E-state index in [1.165, 1.54) is 36.1 Å². The number of nitrogens with zero attached hydrogens (tertiary/aromatic N) is 1. The lowest BCUT2D eigenvalue weighted by Crippen LogP contribution is -2.31. The first-order chi connectivity index (χ1) is 12.8. The first-order valence-electron chi connectivity index (χ1n) is 9.77. The van der Waals surface area contributed by atoms with Crippen molar-refractivity contribution < 1.29 is 4.74 Å². The first-order valence-corrected chi connectivity index (χ1v) is 9.77. The average Bonchev–Trinajstić information content (AvgIpc) is 2.67. The Hall–Kier alpha value is -2.26. The molecule has 4 rings (SSSR count). The SMILES string of the molecule is C=C1CCc2ccc(OCCCCN3CCc4ccccc4C3)cc2N1. The fourth-order valence-electron chi connectivity index (χ4n) is 3.89.